The second kappa shape index (κ2) is 10.3. The van der Waals surface area contributed by atoms with Gasteiger partial charge >= 0.3 is 6.09 Å². The normalized spacial score (nSPS) is 10.7. The Bertz CT molecular complexity index is 878. The van der Waals surface area contributed by atoms with Crippen LogP contribution in [0, 0.1) is 0 Å². The highest BCUT2D eigenvalue weighted by molar-refractivity contribution is 5.85. The van der Waals surface area contributed by atoms with E-state index in [9.17, 15) is 14.4 Å². The predicted octanol–water partition coefficient (Wildman–Crippen LogP) is 2.75. The lowest BCUT2D eigenvalue weighted by molar-refractivity contribution is -0.130. The standard InChI is InChI=1S/C22H27N3O5/c1-22(2,3)30-21(28)25(4)14-19(26)23-24-20(27)15-29-18-13-9-8-12-17(18)16-10-6-5-7-11-16/h5-13H,14-15H2,1-4H3,(H,23,26)(H,24,27). The summed E-state index contributed by atoms with van der Waals surface area (Å²) in [6.45, 7) is 4.64. The van der Waals surface area contributed by atoms with Crippen molar-refractivity contribution in [2.45, 2.75) is 26.4 Å². The monoisotopic (exact) mass is 413 g/mol. The summed E-state index contributed by atoms with van der Waals surface area (Å²) in [5.41, 5.74) is 5.66. The molecule has 0 unspecified atom stereocenters. The molecule has 8 heteroatoms. The van der Waals surface area contributed by atoms with E-state index in [0.29, 0.717) is 5.75 Å². The van der Waals surface area contributed by atoms with Gasteiger partial charge in [0, 0.05) is 12.6 Å². The summed E-state index contributed by atoms with van der Waals surface area (Å²) in [6, 6.07) is 17.0. The van der Waals surface area contributed by atoms with Gasteiger partial charge in [-0.05, 0) is 32.4 Å². The van der Waals surface area contributed by atoms with E-state index in [0.717, 1.165) is 16.0 Å². The van der Waals surface area contributed by atoms with Crippen molar-refractivity contribution < 1.29 is 23.9 Å². The van der Waals surface area contributed by atoms with Crippen LogP contribution in [0.15, 0.2) is 54.6 Å². The number of hydrogen-bond donors (Lipinski definition) is 2. The van der Waals surface area contributed by atoms with Crippen molar-refractivity contribution in [1.82, 2.24) is 15.8 Å². The van der Waals surface area contributed by atoms with Crippen molar-refractivity contribution in [3.8, 4) is 16.9 Å². The highest BCUT2D eigenvalue weighted by atomic mass is 16.6. The Labute approximate surface area is 176 Å². The molecule has 2 rings (SSSR count). The van der Waals surface area contributed by atoms with E-state index >= 15 is 0 Å². The van der Waals surface area contributed by atoms with E-state index in [4.69, 9.17) is 9.47 Å². The summed E-state index contributed by atoms with van der Waals surface area (Å²) in [5.74, 6) is -0.553. The average molecular weight is 413 g/mol. The molecule has 0 heterocycles. The van der Waals surface area contributed by atoms with Crippen LogP contribution in [0.5, 0.6) is 5.75 Å². The second-order valence-electron chi connectivity index (χ2n) is 7.58. The molecule has 0 aliphatic heterocycles. The van der Waals surface area contributed by atoms with Gasteiger partial charge < -0.3 is 14.4 Å². The first-order chi connectivity index (χ1) is 14.2. The highest BCUT2D eigenvalue weighted by Crippen LogP contribution is 2.29. The van der Waals surface area contributed by atoms with E-state index in [2.05, 4.69) is 10.9 Å². The first kappa shape index (κ1) is 22.7. The number of benzene rings is 2. The summed E-state index contributed by atoms with van der Waals surface area (Å²) in [7, 11) is 1.43. The summed E-state index contributed by atoms with van der Waals surface area (Å²) in [4.78, 5) is 36.9. The zero-order valence-electron chi connectivity index (χ0n) is 17.6. The molecule has 0 saturated heterocycles. The quantitative estimate of drug-likeness (QED) is 0.710. The molecule has 0 radical (unpaired) electrons. The van der Waals surface area contributed by atoms with Crippen molar-refractivity contribution in [2.75, 3.05) is 20.2 Å². The Kier molecular flexibility index (Phi) is 7.80. The maximum absolute atomic E-state index is 12.0. The summed E-state index contributed by atoms with van der Waals surface area (Å²) in [5, 5.41) is 0. The molecular formula is C22H27N3O5. The third-order valence-electron chi connectivity index (χ3n) is 3.76. The third kappa shape index (κ3) is 7.46. The van der Waals surface area contributed by atoms with Crippen molar-refractivity contribution in [3.05, 3.63) is 54.6 Å². The number of carbonyl (C=O) groups excluding carboxylic acids is 3. The number of rotatable bonds is 6. The Hall–Kier alpha value is -3.55. The minimum absolute atomic E-state index is 0.271. The van der Waals surface area contributed by atoms with Crippen LogP contribution in [0.25, 0.3) is 11.1 Å². The molecule has 160 valence electrons. The minimum Gasteiger partial charge on any atom is -0.483 e. The van der Waals surface area contributed by atoms with E-state index in [1.807, 2.05) is 48.5 Å². The molecule has 0 saturated carbocycles. The molecule has 0 atom stereocenters. The zero-order chi connectivity index (χ0) is 22.1. The number of amides is 3. The first-order valence-electron chi connectivity index (χ1n) is 9.45. The lowest BCUT2D eigenvalue weighted by atomic mass is 10.1. The predicted molar refractivity (Wildman–Crippen MR) is 113 cm³/mol. The number of hydrogen-bond acceptors (Lipinski definition) is 5. The van der Waals surface area contributed by atoms with Crippen LogP contribution in [0.2, 0.25) is 0 Å². The first-order valence-corrected chi connectivity index (χ1v) is 9.45. The molecule has 0 aliphatic carbocycles. The topological polar surface area (TPSA) is 97.0 Å². The number of ether oxygens (including phenoxy) is 2. The van der Waals surface area contributed by atoms with Gasteiger partial charge in [0.15, 0.2) is 6.61 Å². The fraction of sp³-hybridized carbons (Fsp3) is 0.318. The molecule has 2 N–H and O–H groups in total. The average Bonchev–Trinajstić information content (AvgIpc) is 2.70. The molecule has 8 nitrogen and oxygen atoms in total. The van der Waals surface area contributed by atoms with Crippen LogP contribution < -0.4 is 15.6 Å². The van der Waals surface area contributed by atoms with Crippen LogP contribution in [-0.2, 0) is 14.3 Å². The van der Waals surface area contributed by atoms with Crippen molar-refractivity contribution in [1.29, 1.82) is 0 Å². The minimum atomic E-state index is -0.663. The van der Waals surface area contributed by atoms with Gasteiger partial charge in [0.05, 0.1) is 0 Å². The van der Waals surface area contributed by atoms with Crippen molar-refractivity contribution in [2.24, 2.45) is 0 Å². The Balaban J connectivity index is 1.81. The van der Waals surface area contributed by atoms with E-state index in [-0.39, 0.29) is 13.2 Å². The molecule has 2 aromatic rings. The Morgan fingerprint density at radius 3 is 2.17 bits per heavy atom. The number of nitrogens with zero attached hydrogens (tertiary/aromatic N) is 1. The lowest BCUT2D eigenvalue weighted by Gasteiger charge is -2.24. The van der Waals surface area contributed by atoms with Crippen molar-refractivity contribution >= 4 is 17.9 Å². The van der Waals surface area contributed by atoms with Crippen LogP contribution in [0.3, 0.4) is 0 Å². The molecule has 0 aromatic heterocycles. The summed E-state index contributed by atoms with van der Waals surface area (Å²) < 4.78 is 10.8. The maximum atomic E-state index is 12.0. The molecule has 3 amide bonds. The van der Waals surface area contributed by atoms with Crippen LogP contribution in [-0.4, -0.2) is 48.6 Å². The fourth-order valence-corrected chi connectivity index (χ4v) is 2.43. The van der Waals surface area contributed by atoms with Crippen LogP contribution >= 0.6 is 0 Å². The number of nitrogens with one attached hydrogen (secondary N) is 2. The third-order valence-corrected chi connectivity index (χ3v) is 3.76. The van der Waals surface area contributed by atoms with Crippen LogP contribution in [0.1, 0.15) is 20.8 Å². The molecule has 30 heavy (non-hydrogen) atoms. The van der Waals surface area contributed by atoms with Gasteiger partial charge in [-0.3, -0.25) is 20.4 Å². The van der Waals surface area contributed by atoms with Gasteiger partial charge in [-0.25, -0.2) is 4.79 Å². The summed E-state index contributed by atoms with van der Waals surface area (Å²) in [6.07, 6.45) is -0.634. The Morgan fingerprint density at radius 2 is 1.50 bits per heavy atom. The number of hydrazine groups is 1. The molecule has 0 spiro atoms. The highest BCUT2D eigenvalue weighted by Gasteiger charge is 2.21. The maximum Gasteiger partial charge on any atom is 0.410 e. The zero-order valence-corrected chi connectivity index (χ0v) is 17.6. The van der Waals surface area contributed by atoms with Gasteiger partial charge in [-0.15, -0.1) is 0 Å². The molecule has 2 aromatic carbocycles. The van der Waals surface area contributed by atoms with E-state index in [1.165, 1.54) is 7.05 Å². The van der Waals surface area contributed by atoms with Crippen molar-refractivity contribution in [3.63, 3.8) is 0 Å². The lowest BCUT2D eigenvalue weighted by Crippen LogP contribution is -2.48. The number of likely N-dealkylation sites (N-methyl/N-ethyl adjacent to an activating group) is 1. The van der Waals surface area contributed by atoms with Gasteiger partial charge in [-0.1, -0.05) is 48.5 Å². The number of carbonyl (C=O) groups is 3. The molecule has 0 fully saturated rings. The summed E-state index contributed by atoms with van der Waals surface area (Å²) >= 11 is 0. The molecule has 0 bridgehead atoms. The van der Waals surface area contributed by atoms with Gasteiger partial charge in [0.1, 0.15) is 17.9 Å². The van der Waals surface area contributed by atoms with E-state index in [1.54, 1.807) is 26.8 Å². The number of para-hydroxylation sites is 1. The van der Waals surface area contributed by atoms with E-state index < -0.39 is 23.5 Å². The van der Waals surface area contributed by atoms with Gasteiger partial charge in [0.25, 0.3) is 11.8 Å². The van der Waals surface area contributed by atoms with Gasteiger partial charge in [0.2, 0.25) is 0 Å². The SMILES string of the molecule is CN(CC(=O)NNC(=O)COc1ccccc1-c1ccccc1)C(=O)OC(C)(C)C. The molecular weight excluding hydrogens is 386 g/mol. The largest absolute Gasteiger partial charge is 0.483 e. The van der Waals surface area contributed by atoms with Gasteiger partial charge in [-0.2, -0.15) is 0 Å². The second-order valence-corrected chi connectivity index (χ2v) is 7.58. The smallest absolute Gasteiger partial charge is 0.410 e. The fourth-order valence-electron chi connectivity index (χ4n) is 2.43. The van der Waals surface area contributed by atoms with Crippen LogP contribution in [0.4, 0.5) is 4.79 Å². The molecule has 0 aliphatic rings. The Morgan fingerprint density at radius 1 is 0.900 bits per heavy atom.